The maximum atomic E-state index is 12.6. The number of pyridine rings is 1. The van der Waals surface area contributed by atoms with Crippen LogP contribution in [0.5, 0.6) is 0 Å². The van der Waals surface area contributed by atoms with Crippen LogP contribution in [0.3, 0.4) is 0 Å². The molecule has 3 heterocycles. The van der Waals surface area contributed by atoms with Gasteiger partial charge in [0.25, 0.3) is 0 Å². The lowest BCUT2D eigenvalue weighted by molar-refractivity contribution is -0.142. The minimum absolute atomic E-state index is 0.00166. The number of likely N-dealkylation sites (tertiary alicyclic amines) is 2. The zero-order valence-electron chi connectivity index (χ0n) is 14.4. The molecule has 2 aliphatic heterocycles. The first-order chi connectivity index (χ1) is 12.1. The summed E-state index contributed by atoms with van der Waals surface area (Å²) < 4.78 is 0. The van der Waals surface area contributed by atoms with Crippen LogP contribution in [-0.2, 0) is 9.59 Å². The second-order valence-electron chi connectivity index (χ2n) is 6.93. The lowest BCUT2D eigenvalue weighted by Crippen LogP contribution is -2.55. The van der Waals surface area contributed by atoms with Crippen LogP contribution in [0.25, 0.3) is 0 Å². The third kappa shape index (κ3) is 4.52. The van der Waals surface area contributed by atoms with Gasteiger partial charge in [0.1, 0.15) is 0 Å². The molecule has 0 aliphatic carbocycles. The second-order valence-corrected chi connectivity index (χ2v) is 7.98. The van der Waals surface area contributed by atoms with Gasteiger partial charge in [0, 0.05) is 55.3 Å². The molecule has 0 aromatic carbocycles. The molecule has 2 fully saturated rings. The zero-order chi connectivity index (χ0) is 17.7. The summed E-state index contributed by atoms with van der Waals surface area (Å²) in [6, 6.07) is 3.82. The van der Waals surface area contributed by atoms with Gasteiger partial charge in [0.2, 0.25) is 11.8 Å². The highest BCUT2D eigenvalue weighted by atomic mass is 32.2. The number of thioether (sulfide) groups is 1. The highest BCUT2D eigenvalue weighted by molar-refractivity contribution is 8.00. The number of β-amino-alcohol motifs (C(OH)–C–C–N with tert-alkyl or cyclic N) is 1. The normalized spacial score (nSPS) is 24.0. The van der Waals surface area contributed by atoms with E-state index < -0.39 is 0 Å². The molecule has 0 radical (unpaired) electrons. The quantitative estimate of drug-likeness (QED) is 0.801. The fourth-order valence-corrected chi connectivity index (χ4v) is 4.64. The molecule has 1 N–H and O–H groups in total. The van der Waals surface area contributed by atoms with E-state index in [0.717, 1.165) is 37.2 Å². The van der Waals surface area contributed by atoms with E-state index in [0.29, 0.717) is 25.3 Å². The van der Waals surface area contributed by atoms with Crippen molar-refractivity contribution in [3.8, 4) is 0 Å². The topological polar surface area (TPSA) is 73.7 Å². The van der Waals surface area contributed by atoms with Gasteiger partial charge in [-0.15, -0.1) is 11.8 Å². The van der Waals surface area contributed by atoms with Gasteiger partial charge in [-0.2, -0.15) is 0 Å². The molecule has 1 spiro atoms. The lowest BCUT2D eigenvalue weighted by atomic mass is 9.73. The Morgan fingerprint density at radius 2 is 2.08 bits per heavy atom. The van der Waals surface area contributed by atoms with E-state index in [9.17, 15) is 14.7 Å². The molecular weight excluding hydrogens is 338 g/mol. The van der Waals surface area contributed by atoms with Crippen molar-refractivity contribution < 1.29 is 14.7 Å². The summed E-state index contributed by atoms with van der Waals surface area (Å²) in [5, 5.41) is 9.18. The Bertz CT molecular complexity index is 613. The number of aromatic nitrogens is 1. The minimum Gasteiger partial charge on any atom is -0.395 e. The number of hydrogen-bond donors (Lipinski definition) is 1. The molecule has 6 nitrogen and oxygen atoms in total. The average Bonchev–Trinajstić information content (AvgIpc) is 2.64. The molecule has 2 saturated heterocycles. The van der Waals surface area contributed by atoms with Crippen molar-refractivity contribution in [3.05, 3.63) is 24.5 Å². The van der Waals surface area contributed by atoms with E-state index in [-0.39, 0.29) is 23.8 Å². The van der Waals surface area contributed by atoms with Gasteiger partial charge in [-0.1, -0.05) is 0 Å². The highest BCUT2D eigenvalue weighted by Gasteiger charge is 2.42. The number of nitrogens with zero attached hydrogens (tertiary/aromatic N) is 3. The summed E-state index contributed by atoms with van der Waals surface area (Å²) in [7, 11) is 0. The number of aliphatic hydroxyl groups excluding tert-OH is 1. The van der Waals surface area contributed by atoms with Crippen molar-refractivity contribution in [2.24, 2.45) is 5.41 Å². The van der Waals surface area contributed by atoms with Crippen molar-refractivity contribution in [2.45, 2.75) is 30.6 Å². The maximum Gasteiger partial charge on any atom is 0.232 e. The van der Waals surface area contributed by atoms with Crippen LogP contribution in [0, 0.1) is 5.41 Å². The molecule has 3 rings (SSSR count). The summed E-state index contributed by atoms with van der Waals surface area (Å²) in [6.45, 7) is 2.57. The van der Waals surface area contributed by atoms with Crippen molar-refractivity contribution in [2.75, 3.05) is 38.5 Å². The third-order valence-electron chi connectivity index (χ3n) is 5.14. The van der Waals surface area contributed by atoms with Crippen molar-refractivity contribution in [3.63, 3.8) is 0 Å². The second kappa shape index (κ2) is 8.19. The van der Waals surface area contributed by atoms with Gasteiger partial charge in [-0.05, 0) is 31.4 Å². The molecular formula is C18H25N3O3S. The number of carbonyl (C=O) groups is 2. The van der Waals surface area contributed by atoms with Gasteiger partial charge in [0.05, 0.1) is 12.4 Å². The predicted octanol–water partition coefficient (Wildman–Crippen LogP) is 1.40. The largest absolute Gasteiger partial charge is 0.395 e. The Kier molecular flexibility index (Phi) is 5.96. The van der Waals surface area contributed by atoms with E-state index in [1.165, 1.54) is 11.8 Å². The number of piperidine rings is 2. The fraction of sp³-hybridized carbons (Fsp3) is 0.611. The van der Waals surface area contributed by atoms with Crippen LogP contribution in [0.2, 0.25) is 0 Å². The molecule has 1 aromatic rings. The molecule has 0 saturated carbocycles. The van der Waals surface area contributed by atoms with E-state index in [2.05, 4.69) is 4.98 Å². The first kappa shape index (κ1) is 18.2. The maximum absolute atomic E-state index is 12.6. The Hall–Kier alpha value is -1.60. The number of aliphatic hydroxyl groups is 1. The minimum atomic E-state index is -0.00691. The first-order valence-electron chi connectivity index (χ1n) is 8.81. The average molecular weight is 363 g/mol. The molecule has 7 heteroatoms. The molecule has 1 atom stereocenters. The molecule has 25 heavy (non-hydrogen) atoms. The fourth-order valence-electron chi connectivity index (χ4n) is 3.85. The van der Waals surface area contributed by atoms with Crippen molar-refractivity contribution in [1.82, 2.24) is 14.8 Å². The highest BCUT2D eigenvalue weighted by Crippen LogP contribution is 2.39. The summed E-state index contributed by atoms with van der Waals surface area (Å²) in [6.07, 6.45) is 6.86. The van der Waals surface area contributed by atoms with Gasteiger partial charge in [-0.3, -0.25) is 14.6 Å². The monoisotopic (exact) mass is 363 g/mol. The Morgan fingerprint density at radius 1 is 1.28 bits per heavy atom. The van der Waals surface area contributed by atoms with Crippen LogP contribution >= 0.6 is 11.8 Å². The molecule has 2 aliphatic rings. The van der Waals surface area contributed by atoms with Crippen LogP contribution < -0.4 is 0 Å². The Labute approximate surface area is 152 Å². The summed E-state index contributed by atoms with van der Waals surface area (Å²) in [5.41, 5.74) is -0.00166. The molecule has 2 amide bonds. The van der Waals surface area contributed by atoms with Crippen LogP contribution in [-0.4, -0.2) is 70.2 Å². The lowest BCUT2D eigenvalue weighted by Gasteiger charge is -2.48. The van der Waals surface area contributed by atoms with Crippen LogP contribution in [0.15, 0.2) is 29.4 Å². The van der Waals surface area contributed by atoms with E-state index in [4.69, 9.17) is 0 Å². The summed E-state index contributed by atoms with van der Waals surface area (Å²) >= 11 is 1.54. The first-order valence-corrected chi connectivity index (χ1v) is 9.80. The zero-order valence-corrected chi connectivity index (χ0v) is 15.2. The van der Waals surface area contributed by atoms with E-state index in [1.807, 2.05) is 17.0 Å². The number of amides is 2. The number of rotatable bonds is 5. The van der Waals surface area contributed by atoms with Crippen LogP contribution in [0.1, 0.15) is 25.7 Å². The summed E-state index contributed by atoms with van der Waals surface area (Å²) in [5.74, 6) is 0.710. The Morgan fingerprint density at radius 3 is 2.84 bits per heavy atom. The van der Waals surface area contributed by atoms with Crippen molar-refractivity contribution >= 4 is 23.6 Å². The van der Waals surface area contributed by atoms with Gasteiger partial charge in [-0.25, -0.2) is 0 Å². The summed E-state index contributed by atoms with van der Waals surface area (Å²) in [4.78, 5) is 33.4. The predicted molar refractivity (Wildman–Crippen MR) is 96.1 cm³/mol. The number of hydrogen-bond acceptors (Lipinski definition) is 5. The smallest absolute Gasteiger partial charge is 0.232 e. The molecule has 1 unspecified atom stereocenters. The SMILES string of the molecule is O=C1CCC2(CCCN(C(=O)CSc3ccncc3)C2)CN1CCO. The molecule has 1 aromatic heterocycles. The van der Waals surface area contributed by atoms with Gasteiger partial charge in [0.15, 0.2) is 0 Å². The van der Waals surface area contributed by atoms with Gasteiger partial charge >= 0.3 is 0 Å². The van der Waals surface area contributed by atoms with E-state index >= 15 is 0 Å². The number of carbonyl (C=O) groups excluding carboxylic acids is 2. The van der Waals surface area contributed by atoms with Crippen LogP contribution in [0.4, 0.5) is 0 Å². The Balaban J connectivity index is 1.58. The van der Waals surface area contributed by atoms with Crippen molar-refractivity contribution in [1.29, 1.82) is 0 Å². The third-order valence-corrected chi connectivity index (χ3v) is 6.14. The molecule has 0 bridgehead atoms. The molecule has 136 valence electrons. The van der Waals surface area contributed by atoms with Gasteiger partial charge < -0.3 is 14.9 Å². The van der Waals surface area contributed by atoms with E-state index in [1.54, 1.807) is 17.3 Å². The standard InChI is InChI=1S/C18H25N3O3S/c22-11-10-21-14-18(6-2-16(21)23)5-1-9-20(13-18)17(24)12-25-15-3-7-19-8-4-15/h3-4,7-8,22H,1-2,5-6,9-14H2.